The molecule has 0 saturated heterocycles. The van der Waals surface area contributed by atoms with Crippen LogP contribution in [0.4, 0.5) is 0 Å². The largest absolute Gasteiger partial charge is 0.439 e. The topological polar surface area (TPSA) is 48.1 Å². The van der Waals surface area contributed by atoms with Crippen LogP contribution in [0.2, 0.25) is 0 Å². The molecule has 2 rings (SSSR count). The number of hydrogen-bond acceptors (Lipinski definition) is 3. The van der Waals surface area contributed by atoms with E-state index in [2.05, 4.69) is 4.98 Å². The van der Waals surface area contributed by atoms with Gasteiger partial charge in [0.2, 0.25) is 5.88 Å². The number of benzene rings is 1. The predicted octanol–water partition coefficient (Wildman–Crippen LogP) is 3.18. The normalized spacial score (nSPS) is 8.76. The average molecular weight is 273 g/mol. The standard InChI is InChI=1S/C12H12N2O.2ClH/c13-9-10-5-4-8-14-12(10)15-11-6-2-1-3-7-11;;/h1-8H,9,13H2;2*1H. The predicted molar refractivity (Wildman–Crippen MR) is 73.1 cm³/mol. The minimum absolute atomic E-state index is 0. The lowest BCUT2D eigenvalue weighted by Crippen LogP contribution is -2.00. The van der Waals surface area contributed by atoms with Gasteiger partial charge in [-0.05, 0) is 18.2 Å². The summed E-state index contributed by atoms with van der Waals surface area (Å²) >= 11 is 0. The third-order valence-corrected chi connectivity index (χ3v) is 2.03. The van der Waals surface area contributed by atoms with Gasteiger partial charge in [0.15, 0.2) is 0 Å². The van der Waals surface area contributed by atoms with Crippen molar-refractivity contribution in [3.8, 4) is 11.6 Å². The smallest absolute Gasteiger partial charge is 0.223 e. The number of ether oxygens (including phenoxy) is 1. The van der Waals surface area contributed by atoms with Crippen LogP contribution in [-0.2, 0) is 6.54 Å². The summed E-state index contributed by atoms with van der Waals surface area (Å²) in [7, 11) is 0. The summed E-state index contributed by atoms with van der Waals surface area (Å²) in [6.45, 7) is 0.427. The number of hydrogen-bond donors (Lipinski definition) is 1. The zero-order chi connectivity index (χ0) is 10.5. The highest BCUT2D eigenvalue weighted by Gasteiger charge is 2.03. The van der Waals surface area contributed by atoms with E-state index in [1.807, 2.05) is 42.5 Å². The van der Waals surface area contributed by atoms with E-state index in [1.54, 1.807) is 6.20 Å². The van der Waals surface area contributed by atoms with Gasteiger partial charge in [0.05, 0.1) is 0 Å². The Bertz CT molecular complexity index is 438. The lowest BCUT2D eigenvalue weighted by atomic mass is 10.3. The average Bonchev–Trinajstić information content (AvgIpc) is 2.31. The molecule has 0 aliphatic rings. The molecule has 92 valence electrons. The molecule has 0 atom stereocenters. The molecule has 0 unspecified atom stereocenters. The highest BCUT2D eigenvalue weighted by atomic mass is 35.5. The van der Waals surface area contributed by atoms with Crippen LogP contribution in [0.15, 0.2) is 48.7 Å². The fourth-order valence-electron chi connectivity index (χ4n) is 1.27. The molecule has 5 heteroatoms. The second kappa shape index (κ2) is 7.90. The van der Waals surface area contributed by atoms with Crippen molar-refractivity contribution in [1.29, 1.82) is 0 Å². The van der Waals surface area contributed by atoms with Gasteiger partial charge < -0.3 is 10.5 Å². The number of nitrogens with zero attached hydrogens (tertiary/aromatic N) is 1. The minimum atomic E-state index is 0. The number of para-hydroxylation sites is 1. The van der Waals surface area contributed by atoms with Crippen molar-refractivity contribution in [3.63, 3.8) is 0 Å². The maximum absolute atomic E-state index is 5.61. The second-order valence-corrected chi connectivity index (χ2v) is 3.09. The van der Waals surface area contributed by atoms with Crippen LogP contribution < -0.4 is 10.5 Å². The van der Waals surface area contributed by atoms with Crippen molar-refractivity contribution in [2.75, 3.05) is 0 Å². The van der Waals surface area contributed by atoms with Gasteiger partial charge in [0, 0.05) is 18.3 Å². The van der Waals surface area contributed by atoms with Crippen LogP contribution in [0.25, 0.3) is 0 Å². The molecule has 2 aromatic rings. The van der Waals surface area contributed by atoms with Gasteiger partial charge in [0.1, 0.15) is 5.75 Å². The van der Waals surface area contributed by atoms with Crippen molar-refractivity contribution >= 4 is 24.8 Å². The number of aromatic nitrogens is 1. The highest BCUT2D eigenvalue weighted by Crippen LogP contribution is 2.21. The van der Waals surface area contributed by atoms with Crippen molar-refractivity contribution in [2.24, 2.45) is 5.73 Å². The van der Waals surface area contributed by atoms with Crippen molar-refractivity contribution in [2.45, 2.75) is 6.54 Å². The summed E-state index contributed by atoms with van der Waals surface area (Å²) in [5.41, 5.74) is 6.49. The van der Waals surface area contributed by atoms with E-state index in [0.717, 1.165) is 11.3 Å². The van der Waals surface area contributed by atoms with Crippen LogP contribution in [-0.4, -0.2) is 4.98 Å². The summed E-state index contributed by atoms with van der Waals surface area (Å²) in [5, 5.41) is 0. The SMILES string of the molecule is Cl.Cl.NCc1cccnc1Oc1ccccc1. The highest BCUT2D eigenvalue weighted by molar-refractivity contribution is 5.85. The third kappa shape index (κ3) is 4.23. The number of pyridine rings is 1. The minimum Gasteiger partial charge on any atom is -0.439 e. The van der Waals surface area contributed by atoms with E-state index in [1.165, 1.54) is 0 Å². The van der Waals surface area contributed by atoms with Crippen molar-refractivity contribution < 1.29 is 4.74 Å². The summed E-state index contributed by atoms with van der Waals surface area (Å²) in [4.78, 5) is 4.14. The molecule has 0 bridgehead atoms. The Balaban J connectivity index is 0.00000128. The molecule has 0 saturated carbocycles. The van der Waals surface area contributed by atoms with E-state index >= 15 is 0 Å². The van der Waals surface area contributed by atoms with Crippen LogP contribution >= 0.6 is 24.8 Å². The van der Waals surface area contributed by atoms with E-state index in [0.29, 0.717) is 12.4 Å². The quantitative estimate of drug-likeness (QED) is 0.934. The molecule has 0 fully saturated rings. The van der Waals surface area contributed by atoms with Gasteiger partial charge in [-0.15, -0.1) is 24.8 Å². The fourth-order valence-corrected chi connectivity index (χ4v) is 1.27. The van der Waals surface area contributed by atoms with Crippen molar-refractivity contribution in [3.05, 3.63) is 54.2 Å². The first-order valence-corrected chi connectivity index (χ1v) is 4.77. The zero-order valence-electron chi connectivity index (χ0n) is 9.08. The van der Waals surface area contributed by atoms with Crippen LogP contribution in [0.5, 0.6) is 11.6 Å². The summed E-state index contributed by atoms with van der Waals surface area (Å²) in [6, 6.07) is 13.3. The van der Waals surface area contributed by atoms with E-state index in [4.69, 9.17) is 10.5 Å². The van der Waals surface area contributed by atoms with E-state index in [-0.39, 0.29) is 24.8 Å². The summed E-state index contributed by atoms with van der Waals surface area (Å²) in [5.74, 6) is 1.34. The molecule has 17 heavy (non-hydrogen) atoms. The maximum atomic E-state index is 5.61. The van der Waals surface area contributed by atoms with Gasteiger partial charge in [-0.25, -0.2) is 4.98 Å². The van der Waals surface area contributed by atoms with Crippen LogP contribution in [0, 0.1) is 0 Å². The number of rotatable bonds is 3. The van der Waals surface area contributed by atoms with Crippen LogP contribution in [0.3, 0.4) is 0 Å². The first-order chi connectivity index (χ1) is 7.40. The van der Waals surface area contributed by atoms with Crippen molar-refractivity contribution in [1.82, 2.24) is 4.98 Å². The van der Waals surface area contributed by atoms with Crippen LogP contribution in [0.1, 0.15) is 5.56 Å². The van der Waals surface area contributed by atoms with Gasteiger partial charge in [-0.2, -0.15) is 0 Å². The Kier molecular flexibility index (Phi) is 7.30. The molecule has 3 nitrogen and oxygen atoms in total. The second-order valence-electron chi connectivity index (χ2n) is 3.09. The zero-order valence-corrected chi connectivity index (χ0v) is 10.7. The number of nitrogens with two attached hydrogens (primary N) is 1. The molecule has 0 spiro atoms. The molecule has 1 aromatic carbocycles. The molecule has 1 aromatic heterocycles. The van der Waals surface area contributed by atoms with E-state index in [9.17, 15) is 0 Å². The monoisotopic (exact) mass is 272 g/mol. The Morgan fingerprint density at radius 1 is 1.00 bits per heavy atom. The molecule has 0 radical (unpaired) electrons. The lowest BCUT2D eigenvalue weighted by molar-refractivity contribution is 0.456. The summed E-state index contributed by atoms with van der Waals surface area (Å²) in [6.07, 6.45) is 1.69. The third-order valence-electron chi connectivity index (χ3n) is 2.03. The Morgan fingerprint density at radius 3 is 2.35 bits per heavy atom. The van der Waals surface area contributed by atoms with Gasteiger partial charge in [-0.3, -0.25) is 0 Å². The molecule has 0 amide bonds. The Morgan fingerprint density at radius 2 is 1.71 bits per heavy atom. The first kappa shape index (κ1) is 15.7. The lowest BCUT2D eigenvalue weighted by Gasteiger charge is -2.07. The van der Waals surface area contributed by atoms with Gasteiger partial charge in [0.25, 0.3) is 0 Å². The molecular formula is C12H14Cl2N2O. The van der Waals surface area contributed by atoms with E-state index < -0.39 is 0 Å². The van der Waals surface area contributed by atoms with Gasteiger partial charge in [-0.1, -0.05) is 24.3 Å². The summed E-state index contributed by atoms with van der Waals surface area (Å²) < 4.78 is 5.61. The van der Waals surface area contributed by atoms with Gasteiger partial charge >= 0.3 is 0 Å². The molecule has 0 aliphatic carbocycles. The molecular weight excluding hydrogens is 259 g/mol. The molecule has 1 heterocycles. The number of halogens is 2. The fraction of sp³-hybridized carbons (Fsp3) is 0.0833. The maximum Gasteiger partial charge on any atom is 0.223 e. The molecule has 0 aliphatic heterocycles. The molecule has 2 N–H and O–H groups in total. The Hall–Kier alpha value is -1.29. The Labute approximate surface area is 113 Å². The first-order valence-electron chi connectivity index (χ1n) is 4.77.